The molecule has 2 heteroatoms. The molecule has 3 saturated carbocycles. The van der Waals surface area contributed by atoms with Gasteiger partial charge in [0.05, 0.1) is 6.42 Å². The quantitative estimate of drug-likeness (QED) is 0.260. The lowest BCUT2D eigenvalue weighted by Gasteiger charge is -2.58. The van der Waals surface area contributed by atoms with Crippen LogP contribution in [-0.2, 0) is 16.0 Å². The number of rotatable bonds is 8. The molecule has 0 saturated heterocycles. The Morgan fingerprint density at radius 3 is 2.51 bits per heavy atom. The van der Waals surface area contributed by atoms with Crippen LogP contribution in [0.4, 0.5) is 0 Å². The van der Waals surface area contributed by atoms with E-state index < -0.39 is 0 Å². The van der Waals surface area contributed by atoms with Gasteiger partial charge in [-0.25, -0.2) is 0 Å². The normalized spacial score (nSPS) is 37.8. The highest BCUT2D eigenvalue weighted by Gasteiger charge is 2.59. The van der Waals surface area contributed by atoms with E-state index in [4.69, 9.17) is 4.74 Å². The third kappa shape index (κ3) is 5.33. The molecule has 1 aromatic carbocycles. The van der Waals surface area contributed by atoms with Gasteiger partial charge in [-0.15, -0.1) is 0 Å². The highest BCUT2D eigenvalue weighted by Crippen LogP contribution is 2.67. The van der Waals surface area contributed by atoms with E-state index in [1.807, 2.05) is 30.3 Å². The third-order valence-electron chi connectivity index (χ3n) is 11.7. The summed E-state index contributed by atoms with van der Waals surface area (Å²) >= 11 is 0. The summed E-state index contributed by atoms with van der Waals surface area (Å²) in [6.07, 6.45) is 17.4. The van der Waals surface area contributed by atoms with Gasteiger partial charge in [0.15, 0.2) is 0 Å². The van der Waals surface area contributed by atoms with Crippen LogP contribution >= 0.6 is 0 Å². The highest BCUT2D eigenvalue weighted by molar-refractivity contribution is 5.72. The van der Waals surface area contributed by atoms with Gasteiger partial charge in [0.2, 0.25) is 0 Å². The van der Waals surface area contributed by atoms with E-state index in [1.165, 1.54) is 57.8 Å². The molecule has 1 unspecified atom stereocenters. The Labute approximate surface area is 227 Å². The number of allylic oxidation sites excluding steroid dienone is 1. The number of hydrogen-bond donors (Lipinski definition) is 0. The Morgan fingerprint density at radius 2 is 1.76 bits per heavy atom. The predicted octanol–water partition coefficient (Wildman–Crippen LogP) is 9.18. The molecule has 0 N–H and O–H groups in total. The van der Waals surface area contributed by atoms with Crippen molar-refractivity contribution >= 4 is 5.97 Å². The Hall–Kier alpha value is -1.57. The van der Waals surface area contributed by atoms with Crippen molar-refractivity contribution in [3.63, 3.8) is 0 Å². The molecule has 0 radical (unpaired) electrons. The molecule has 37 heavy (non-hydrogen) atoms. The second kappa shape index (κ2) is 10.9. The first kappa shape index (κ1) is 27.0. The fraction of sp³-hybridized carbons (Fsp3) is 0.743. The molecule has 1 aromatic rings. The molecule has 0 aliphatic heterocycles. The van der Waals surface area contributed by atoms with Crippen molar-refractivity contribution in [2.24, 2.45) is 46.3 Å². The van der Waals surface area contributed by atoms with Crippen LogP contribution in [0.15, 0.2) is 42.0 Å². The maximum Gasteiger partial charge on any atom is 0.310 e. The summed E-state index contributed by atoms with van der Waals surface area (Å²) in [7, 11) is 0. The Kier molecular flexibility index (Phi) is 7.95. The SMILES string of the molecule is CC(C)CCC[C@@H](C)[C@H]1CC[C@H]2[C@@H]3CC=C4CC(OC(=O)Cc5ccccc5)CC[C@]4(C)[C@H]3CC[C@]12C. The number of ether oxygens (including phenoxy) is 1. The van der Waals surface area contributed by atoms with Crippen LogP contribution in [0, 0.1) is 46.3 Å². The first-order chi connectivity index (χ1) is 17.7. The van der Waals surface area contributed by atoms with Gasteiger partial charge in [-0.05, 0) is 96.8 Å². The van der Waals surface area contributed by atoms with Crippen LogP contribution in [0.2, 0.25) is 0 Å². The molecule has 3 fully saturated rings. The molecule has 0 amide bonds. The van der Waals surface area contributed by atoms with Gasteiger partial charge >= 0.3 is 5.97 Å². The zero-order valence-corrected chi connectivity index (χ0v) is 24.3. The Morgan fingerprint density at radius 1 is 0.973 bits per heavy atom. The monoisotopic (exact) mass is 504 g/mol. The van der Waals surface area contributed by atoms with Crippen molar-refractivity contribution in [2.75, 3.05) is 0 Å². The summed E-state index contributed by atoms with van der Waals surface area (Å²) in [4.78, 5) is 12.7. The Balaban J connectivity index is 1.22. The number of benzene rings is 1. The summed E-state index contributed by atoms with van der Waals surface area (Å²) < 4.78 is 6.02. The number of fused-ring (bicyclic) bond motifs is 5. The number of carbonyl (C=O) groups excluding carboxylic acids is 1. The molecule has 0 bridgehead atoms. The average molecular weight is 505 g/mol. The number of hydrogen-bond acceptors (Lipinski definition) is 2. The maximum atomic E-state index is 12.7. The van der Waals surface area contributed by atoms with Crippen molar-refractivity contribution in [1.82, 2.24) is 0 Å². The summed E-state index contributed by atoms with van der Waals surface area (Å²) in [5, 5.41) is 0. The van der Waals surface area contributed by atoms with Crippen LogP contribution in [-0.4, -0.2) is 12.1 Å². The van der Waals surface area contributed by atoms with Crippen molar-refractivity contribution in [3.8, 4) is 0 Å². The first-order valence-corrected chi connectivity index (χ1v) is 15.6. The molecular weight excluding hydrogens is 452 g/mol. The second-order valence-corrected chi connectivity index (χ2v) is 14.3. The zero-order chi connectivity index (χ0) is 26.2. The summed E-state index contributed by atoms with van der Waals surface area (Å²) in [5.74, 6) is 5.14. The van der Waals surface area contributed by atoms with Crippen LogP contribution in [0.1, 0.15) is 111 Å². The maximum absolute atomic E-state index is 12.7. The van der Waals surface area contributed by atoms with E-state index >= 15 is 0 Å². The minimum atomic E-state index is -0.0676. The smallest absolute Gasteiger partial charge is 0.310 e. The van der Waals surface area contributed by atoms with Gasteiger partial charge in [-0.2, -0.15) is 0 Å². The van der Waals surface area contributed by atoms with Gasteiger partial charge in [-0.3, -0.25) is 4.79 Å². The van der Waals surface area contributed by atoms with Gasteiger partial charge in [0.25, 0.3) is 0 Å². The molecular formula is C35H52O2. The van der Waals surface area contributed by atoms with E-state index in [1.54, 1.807) is 5.57 Å². The summed E-state index contributed by atoms with van der Waals surface area (Å²) in [5.41, 5.74) is 3.51. The summed E-state index contributed by atoms with van der Waals surface area (Å²) in [6, 6.07) is 10.0. The topological polar surface area (TPSA) is 26.3 Å². The first-order valence-electron chi connectivity index (χ1n) is 15.6. The van der Waals surface area contributed by atoms with Crippen LogP contribution in [0.5, 0.6) is 0 Å². The van der Waals surface area contributed by atoms with E-state index in [2.05, 4.69) is 40.7 Å². The molecule has 0 heterocycles. The molecule has 5 rings (SSSR count). The number of carbonyl (C=O) groups is 1. The molecule has 8 atom stereocenters. The van der Waals surface area contributed by atoms with E-state index in [-0.39, 0.29) is 12.1 Å². The molecule has 0 aromatic heterocycles. The van der Waals surface area contributed by atoms with Gasteiger partial charge in [0.1, 0.15) is 6.10 Å². The van der Waals surface area contributed by atoms with E-state index in [0.717, 1.165) is 53.9 Å². The van der Waals surface area contributed by atoms with Crippen molar-refractivity contribution in [2.45, 2.75) is 118 Å². The van der Waals surface area contributed by atoms with Crippen LogP contribution < -0.4 is 0 Å². The molecule has 204 valence electrons. The molecule has 0 spiro atoms. The lowest BCUT2D eigenvalue weighted by molar-refractivity contribution is -0.150. The third-order valence-corrected chi connectivity index (χ3v) is 11.7. The van der Waals surface area contributed by atoms with Crippen LogP contribution in [0.25, 0.3) is 0 Å². The second-order valence-electron chi connectivity index (χ2n) is 14.3. The average Bonchev–Trinajstić information content (AvgIpc) is 3.22. The van der Waals surface area contributed by atoms with Gasteiger partial charge in [0, 0.05) is 6.42 Å². The Bertz CT molecular complexity index is 963. The van der Waals surface area contributed by atoms with Gasteiger partial charge < -0.3 is 4.74 Å². The fourth-order valence-electron chi connectivity index (χ4n) is 9.74. The highest BCUT2D eigenvalue weighted by atomic mass is 16.5. The zero-order valence-electron chi connectivity index (χ0n) is 24.3. The van der Waals surface area contributed by atoms with Gasteiger partial charge in [-0.1, -0.05) is 95.9 Å². The molecule has 4 aliphatic carbocycles. The fourth-order valence-corrected chi connectivity index (χ4v) is 9.74. The number of esters is 1. The van der Waals surface area contributed by atoms with E-state index in [9.17, 15) is 4.79 Å². The van der Waals surface area contributed by atoms with Crippen LogP contribution in [0.3, 0.4) is 0 Å². The predicted molar refractivity (Wildman–Crippen MR) is 153 cm³/mol. The molecule has 4 aliphatic rings. The van der Waals surface area contributed by atoms with E-state index in [0.29, 0.717) is 17.3 Å². The lowest BCUT2D eigenvalue weighted by Crippen LogP contribution is -2.51. The lowest BCUT2D eigenvalue weighted by atomic mass is 9.47. The van der Waals surface area contributed by atoms with Crippen molar-refractivity contribution in [1.29, 1.82) is 0 Å². The summed E-state index contributed by atoms with van der Waals surface area (Å²) in [6.45, 7) is 12.6. The minimum Gasteiger partial charge on any atom is -0.462 e. The van der Waals surface area contributed by atoms with Crippen molar-refractivity contribution in [3.05, 3.63) is 47.5 Å². The standard InChI is InChI=1S/C35H52O2/c1-24(2)10-9-11-25(3)30-16-17-31-29-15-14-27-23-28(37-33(36)22-26-12-7-6-8-13-26)18-20-34(27,4)32(29)19-21-35(30,31)5/h6-8,12-14,24-25,28-32H,9-11,15-23H2,1-5H3/t25-,28?,29+,30-,31+,32+,34+,35-/m1/s1. The van der Waals surface area contributed by atoms with Crippen molar-refractivity contribution < 1.29 is 9.53 Å². The molecule has 2 nitrogen and oxygen atoms in total. The minimum absolute atomic E-state index is 0.0588. The largest absolute Gasteiger partial charge is 0.462 e.